The number of fused-ring (bicyclic) bond motifs is 1. The summed E-state index contributed by atoms with van der Waals surface area (Å²) in [5.41, 5.74) is -0.188. The first kappa shape index (κ1) is 12.4. The van der Waals surface area contributed by atoms with Gasteiger partial charge in [0.05, 0.1) is 23.2 Å². The molecule has 5 nitrogen and oxygen atoms in total. The van der Waals surface area contributed by atoms with E-state index in [1.165, 1.54) is 18.7 Å². The van der Waals surface area contributed by atoms with Crippen molar-refractivity contribution in [2.45, 2.75) is 0 Å². The highest BCUT2D eigenvalue weighted by Gasteiger charge is 2.18. The SMILES string of the molecule is COc1ccc(Cl)c2c(C(=O)O)cc(=O)n(C)c12. The average Bonchev–Trinajstić information content (AvgIpc) is 2.33. The number of carboxylic acids is 1. The van der Waals surface area contributed by atoms with Crippen molar-refractivity contribution in [2.75, 3.05) is 7.11 Å². The Labute approximate surface area is 107 Å². The van der Waals surface area contributed by atoms with E-state index in [-0.39, 0.29) is 10.6 Å². The number of rotatable bonds is 2. The Morgan fingerprint density at radius 1 is 1.44 bits per heavy atom. The number of nitrogens with zero attached hydrogens (tertiary/aromatic N) is 1. The summed E-state index contributed by atoms with van der Waals surface area (Å²) in [6.45, 7) is 0. The van der Waals surface area contributed by atoms with Gasteiger partial charge in [0.1, 0.15) is 5.75 Å². The van der Waals surface area contributed by atoms with Gasteiger partial charge in [-0.1, -0.05) is 11.6 Å². The molecular weight excluding hydrogens is 258 g/mol. The van der Waals surface area contributed by atoms with E-state index in [1.54, 1.807) is 12.1 Å². The normalized spacial score (nSPS) is 10.6. The van der Waals surface area contributed by atoms with Gasteiger partial charge < -0.3 is 14.4 Å². The van der Waals surface area contributed by atoms with Gasteiger partial charge >= 0.3 is 5.97 Å². The van der Waals surface area contributed by atoms with Crippen LogP contribution in [0.3, 0.4) is 0 Å². The van der Waals surface area contributed by atoms with Crippen LogP contribution in [0.4, 0.5) is 0 Å². The van der Waals surface area contributed by atoms with Crippen LogP contribution in [0, 0.1) is 0 Å². The van der Waals surface area contributed by atoms with Crippen LogP contribution >= 0.6 is 11.6 Å². The topological polar surface area (TPSA) is 68.5 Å². The molecule has 0 unspecified atom stereocenters. The fourth-order valence-corrected chi connectivity index (χ4v) is 2.13. The van der Waals surface area contributed by atoms with Crippen molar-refractivity contribution in [1.82, 2.24) is 4.57 Å². The minimum atomic E-state index is -1.20. The summed E-state index contributed by atoms with van der Waals surface area (Å²) in [6.07, 6.45) is 0. The number of aryl methyl sites for hydroxylation is 1. The molecule has 1 aromatic heterocycles. The lowest BCUT2D eigenvalue weighted by Crippen LogP contribution is -2.19. The lowest BCUT2D eigenvalue weighted by atomic mass is 10.1. The Bertz CT molecular complexity index is 705. The summed E-state index contributed by atoms with van der Waals surface area (Å²) in [4.78, 5) is 22.9. The van der Waals surface area contributed by atoms with Crippen LogP contribution in [0.25, 0.3) is 10.9 Å². The van der Waals surface area contributed by atoms with Crippen LogP contribution in [0.2, 0.25) is 5.02 Å². The van der Waals surface area contributed by atoms with Gasteiger partial charge in [0, 0.05) is 18.5 Å². The monoisotopic (exact) mass is 267 g/mol. The molecule has 0 amide bonds. The number of aromatic carboxylic acids is 1. The average molecular weight is 268 g/mol. The molecule has 1 aromatic carbocycles. The Hall–Kier alpha value is -2.01. The van der Waals surface area contributed by atoms with Gasteiger partial charge in [-0.05, 0) is 12.1 Å². The number of carboxylic acid groups (broad SMARTS) is 1. The minimum absolute atomic E-state index is 0.128. The van der Waals surface area contributed by atoms with Crippen molar-refractivity contribution in [2.24, 2.45) is 7.05 Å². The van der Waals surface area contributed by atoms with Gasteiger partial charge in [0.15, 0.2) is 0 Å². The van der Waals surface area contributed by atoms with E-state index in [9.17, 15) is 9.59 Å². The van der Waals surface area contributed by atoms with Gasteiger partial charge in [0.2, 0.25) is 0 Å². The minimum Gasteiger partial charge on any atom is -0.495 e. The number of benzene rings is 1. The number of carbonyl (C=O) groups is 1. The maximum absolute atomic E-state index is 11.7. The predicted octanol–water partition coefficient (Wildman–Crippen LogP) is 1.90. The van der Waals surface area contributed by atoms with Crippen molar-refractivity contribution < 1.29 is 14.6 Å². The van der Waals surface area contributed by atoms with Crippen LogP contribution in [-0.2, 0) is 7.05 Å². The van der Waals surface area contributed by atoms with Gasteiger partial charge in [0.25, 0.3) is 5.56 Å². The fourth-order valence-electron chi connectivity index (χ4n) is 1.87. The van der Waals surface area contributed by atoms with Crippen molar-refractivity contribution in [3.05, 3.63) is 39.1 Å². The molecule has 0 aliphatic rings. The molecule has 0 fully saturated rings. The Balaban J connectivity index is 3.11. The lowest BCUT2D eigenvalue weighted by Gasteiger charge is -2.12. The molecule has 0 spiro atoms. The van der Waals surface area contributed by atoms with Gasteiger partial charge in [-0.2, -0.15) is 0 Å². The lowest BCUT2D eigenvalue weighted by molar-refractivity contribution is 0.0699. The third-order valence-corrected chi connectivity index (χ3v) is 3.06. The summed E-state index contributed by atoms with van der Waals surface area (Å²) in [7, 11) is 2.98. The van der Waals surface area contributed by atoms with Gasteiger partial charge in [-0.25, -0.2) is 4.79 Å². The van der Waals surface area contributed by atoms with Crippen LogP contribution < -0.4 is 10.3 Å². The first-order valence-corrected chi connectivity index (χ1v) is 5.44. The molecule has 1 N–H and O–H groups in total. The number of ether oxygens (including phenoxy) is 1. The maximum atomic E-state index is 11.7. The van der Waals surface area contributed by atoms with E-state index >= 15 is 0 Å². The number of pyridine rings is 1. The molecule has 18 heavy (non-hydrogen) atoms. The second-order valence-electron chi connectivity index (χ2n) is 3.73. The molecule has 0 bridgehead atoms. The van der Waals surface area contributed by atoms with E-state index < -0.39 is 11.5 Å². The zero-order valence-corrected chi connectivity index (χ0v) is 10.5. The van der Waals surface area contributed by atoms with Crippen molar-refractivity contribution in [1.29, 1.82) is 0 Å². The highest BCUT2D eigenvalue weighted by atomic mass is 35.5. The van der Waals surface area contributed by atoms with E-state index in [1.807, 2.05) is 0 Å². The van der Waals surface area contributed by atoms with E-state index in [0.29, 0.717) is 16.7 Å². The third kappa shape index (κ3) is 1.73. The molecular formula is C12H10ClNO4. The fraction of sp³-hybridized carbons (Fsp3) is 0.167. The second kappa shape index (κ2) is 4.34. The van der Waals surface area contributed by atoms with E-state index in [4.69, 9.17) is 21.4 Å². The Morgan fingerprint density at radius 2 is 2.11 bits per heavy atom. The summed E-state index contributed by atoms with van der Waals surface area (Å²) in [6, 6.07) is 4.19. The maximum Gasteiger partial charge on any atom is 0.336 e. The summed E-state index contributed by atoms with van der Waals surface area (Å²) < 4.78 is 6.45. The Kier molecular flexibility index (Phi) is 3.00. The van der Waals surface area contributed by atoms with Crippen molar-refractivity contribution in [3.63, 3.8) is 0 Å². The first-order chi connectivity index (χ1) is 8.47. The molecule has 2 aromatic rings. The molecule has 0 aliphatic carbocycles. The van der Waals surface area contributed by atoms with Crippen molar-refractivity contribution in [3.8, 4) is 5.75 Å². The molecule has 94 valence electrons. The molecule has 0 saturated heterocycles. The summed E-state index contributed by atoms with van der Waals surface area (Å²) >= 11 is 6.03. The standard InChI is InChI=1S/C12H10ClNO4/c1-14-9(15)5-6(12(16)17)10-7(13)3-4-8(18-2)11(10)14/h3-5H,1-2H3,(H,16,17). The van der Waals surface area contributed by atoms with E-state index in [2.05, 4.69) is 0 Å². The number of methoxy groups -OCH3 is 1. The summed E-state index contributed by atoms with van der Waals surface area (Å²) in [5, 5.41) is 9.70. The highest BCUT2D eigenvalue weighted by molar-refractivity contribution is 6.36. The largest absolute Gasteiger partial charge is 0.495 e. The van der Waals surface area contributed by atoms with Gasteiger partial charge in [-0.3, -0.25) is 4.79 Å². The number of aromatic nitrogens is 1. The molecule has 1 heterocycles. The smallest absolute Gasteiger partial charge is 0.336 e. The zero-order chi connectivity index (χ0) is 13.4. The van der Waals surface area contributed by atoms with Crippen molar-refractivity contribution >= 4 is 28.5 Å². The molecule has 0 radical (unpaired) electrons. The Morgan fingerprint density at radius 3 is 2.67 bits per heavy atom. The number of hydrogen-bond donors (Lipinski definition) is 1. The summed E-state index contributed by atoms with van der Waals surface area (Å²) in [5.74, 6) is -0.801. The van der Waals surface area contributed by atoms with Crippen LogP contribution in [0.5, 0.6) is 5.75 Å². The number of halogens is 1. The third-order valence-electron chi connectivity index (χ3n) is 2.74. The number of hydrogen-bond acceptors (Lipinski definition) is 3. The zero-order valence-electron chi connectivity index (χ0n) is 9.73. The van der Waals surface area contributed by atoms with Crippen LogP contribution in [0.1, 0.15) is 10.4 Å². The molecule has 0 saturated carbocycles. The van der Waals surface area contributed by atoms with Gasteiger partial charge in [-0.15, -0.1) is 0 Å². The molecule has 6 heteroatoms. The highest BCUT2D eigenvalue weighted by Crippen LogP contribution is 2.32. The molecule has 0 aliphatic heterocycles. The quantitative estimate of drug-likeness (QED) is 0.902. The first-order valence-electron chi connectivity index (χ1n) is 5.07. The predicted molar refractivity (Wildman–Crippen MR) is 67.7 cm³/mol. The van der Waals surface area contributed by atoms with E-state index in [0.717, 1.165) is 6.07 Å². The molecule has 0 atom stereocenters. The van der Waals surface area contributed by atoms with Crippen LogP contribution in [-0.4, -0.2) is 22.8 Å². The van der Waals surface area contributed by atoms with Crippen LogP contribution in [0.15, 0.2) is 23.0 Å². The molecule has 2 rings (SSSR count). The second-order valence-corrected chi connectivity index (χ2v) is 4.14.